The van der Waals surface area contributed by atoms with Gasteiger partial charge in [-0.25, -0.2) is 0 Å². The second-order valence-corrected chi connectivity index (χ2v) is 5.49. The fourth-order valence-corrected chi connectivity index (χ4v) is 2.61. The molecule has 1 aromatic carbocycles. The maximum absolute atomic E-state index is 11.9. The van der Waals surface area contributed by atoms with Crippen LogP contribution in [0.5, 0.6) is 0 Å². The van der Waals surface area contributed by atoms with E-state index in [2.05, 4.69) is 10.2 Å². The lowest BCUT2D eigenvalue weighted by Crippen LogP contribution is -2.42. The Balaban J connectivity index is 1.61. The van der Waals surface area contributed by atoms with Gasteiger partial charge in [0.2, 0.25) is 5.91 Å². The molecule has 20 heavy (non-hydrogen) atoms. The molecule has 3 N–H and O–H groups in total. The van der Waals surface area contributed by atoms with Crippen LogP contribution < -0.4 is 11.1 Å². The predicted octanol–water partition coefficient (Wildman–Crippen LogP) is 1.16. The summed E-state index contributed by atoms with van der Waals surface area (Å²) in [5.41, 5.74) is 7.04. The molecule has 0 unspecified atom stereocenters. The van der Waals surface area contributed by atoms with E-state index in [-0.39, 0.29) is 5.91 Å². The van der Waals surface area contributed by atoms with Crippen molar-refractivity contribution in [3.63, 3.8) is 0 Å². The molecule has 0 bridgehead atoms. The molecule has 0 saturated carbocycles. The molecule has 1 aliphatic rings. The van der Waals surface area contributed by atoms with E-state index in [0.29, 0.717) is 6.42 Å². The first kappa shape index (κ1) is 15.0. The average Bonchev–Trinajstić information content (AvgIpc) is 2.97. The van der Waals surface area contributed by atoms with Crippen molar-refractivity contribution in [3.8, 4) is 0 Å². The third-order valence-corrected chi connectivity index (χ3v) is 3.78. The molecule has 1 aliphatic heterocycles. The predicted molar refractivity (Wildman–Crippen MR) is 81.4 cm³/mol. The number of likely N-dealkylation sites (tertiary alicyclic amines) is 1. The minimum Gasteiger partial charge on any atom is -0.355 e. The number of carbonyl (C=O) groups is 1. The van der Waals surface area contributed by atoms with E-state index in [1.54, 1.807) is 0 Å². The Morgan fingerprint density at radius 3 is 2.65 bits per heavy atom. The smallest absolute Gasteiger partial charge is 0.237 e. The van der Waals surface area contributed by atoms with E-state index in [9.17, 15) is 4.79 Å². The van der Waals surface area contributed by atoms with E-state index in [1.165, 1.54) is 25.9 Å². The summed E-state index contributed by atoms with van der Waals surface area (Å²) in [6.07, 6.45) is 4.23. The van der Waals surface area contributed by atoms with Crippen molar-refractivity contribution in [1.82, 2.24) is 10.2 Å². The van der Waals surface area contributed by atoms with Gasteiger partial charge >= 0.3 is 0 Å². The van der Waals surface area contributed by atoms with Gasteiger partial charge in [-0.05, 0) is 50.9 Å². The molecule has 1 fully saturated rings. The molecule has 1 saturated heterocycles. The highest BCUT2D eigenvalue weighted by atomic mass is 16.2. The van der Waals surface area contributed by atoms with Gasteiger partial charge in [0.1, 0.15) is 0 Å². The molecular formula is C16H25N3O. The first-order chi connectivity index (χ1) is 9.75. The third kappa shape index (κ3) is 4.94. The fraction of sp³-hybridized carbons (Fsp3) is 0.562. The van der Waals surface area contributed by atoms with Gasteiger partial charge < -0.3 is 16.0 Å². The van der Waals surface area contributed by atoms with E-state index >= 15 is 0 Å². The summed E-state index contributed by atoms with van der Waals surface area (Å²) in [4.78, 5) is 14.3. The Bertz CT molecular complexity index is 401. The summed E-state index contributed by atoms with van der Waals surface area (Å²) < 4.78 is 0. The zero-order valence-electron chi connectivity index (χ0n) is 12.1. The highest BCUT2D eigenvalue weighted by molar-refractivity contribution is 5.81. The molecule has 0 radical (unpaired) electrons. The van der Waals surface area contributed by atoms with Crippen molar-refractivity contribution in [2.24, 2.45) is 5.73 Å². The van der Waals surface area contributed by atoms with Crippen molar-refractivity contribution >= 4 is 5.91 Å². The lowest BCUT2D eigenvalue weighted by molar-refractivity contribution is -0.122. The monoisotopic (exact) mass is 275 g/mol. The number of hydrogen-bond acceptors (Lipinski definition) is 3. The molecular weight excluding hydrogens is 250 g/mol. The Labute approximate surface area is 121 Å². The second kappa shape index (κ2) is 8.02. The van der Waals surface area contributed by atoms with Crippen LogP contribution in [-0.4, -0.2) is 43.0 Å². The van der Waals surface area contributed by atoms with E-state index in [1.807, 2.05) is 30.3 Å². The minimum absolute atomic E-state index is 0.0460. The SMILES string of the molecule is N[C@@H](Cc1ccccc1)C(=O)NCCCN1CCCC1. The van der Waals surface area contributed by atoms with E-state index < -0.39 is 6.04 Å². The maximum atomic E-state index is 11.9. The van der Waals surface area contributed by atoms with Crippen LogP contribution in [0.3, 0.4) is 0 Å². The van der Waals surface area contributed by atoms with Crippen molar-refractivity contribution < 1.29 is 4.79 Å². The quantitative estimate of drug-likeness (QED) is 0.734. The number of nitrogens with two attached hydrogens (primary N) is 1. The number of benzene rings is 1. The zero-order chi connectivity index (χ0) is 14.2. The van der Waals surface area contributed by atoms with Crippen LogP contribution in [0.2, 0.25) is 0 Å². The molecule has 4 nitrogen and oxygen atoms in total. The molecule has 0 aromatic heterocycles. The van der Waals surface area contributed by atoms with Gasteiger partial charge in [-0.2, -0.15) is 0 Å². The van der Waals surface area contributed by atoms with Crippen LogP contribution in [0.15, 0.2) is 30.3 Å². The van der Waals surface area contributed by atoms with Crippen LogP contribution in [0.25, 0.3) is 0 Å². The Kier molecular flexibility index (Phi) is 6.02. The topological polar surface area (TPSA) is 58.4 Å². The van der Waals surface area contributed by atoms with Crippen LogP contribution in [0, 0.1) is 0 Å². The van der Waals surface area contributed by atoms with Crippen LogP contribution in [0.4, 0.5) is 0 Å². The summed E-state index contributed by atoms with van der Waals surface area (Å²) in [5, 5.41) is 2.94. The normalized spacial score (nSPS) is 17.1. The number of nitrogens with zero attached hydrogens (tertiary/aromatic N) is 1. The van der Waals surface area contributed by atoms with Crippen LogP contribution >= 0.6 is 0 Å². The molecule has 2 rings (SSSR count). The summed E-state index contributed by atoms with van der Waals surface area (Å²) >= 11 is 0. The summed E-state index contributed by atoms with van der Waals surface area (Å²) in [6.45, 7) is 4.22. The largest absolute Gasteiger partial charge is 0.355 e. The Morgan fingerprint density at radius 2 is 1.95 bits per heavy atom. The molecule has 1 heterocycles. The Hall–Kier alpha value is -1.39. The van der Waals surface area contributed by atoms with Gasteiger partial charge in [-0.15, -0.1) is 0 Å². The van der Waals surface area contributed by atoms with Crippen molar-refractivity contribution in [2.45, 2.75) is 31.7 Å². The van der Waals surface area contributed by atoms with Gasteiger partial charge in [-0.1, -0.05) is 30.3 Å². The van der Waals surface area contributed by atoms with Gasteiger partial charge in [-0.3, -0.25) is 4.79 Å². The van der Waals surface area contributed by atoms with Gasteiger partial charge in [0.15, 0.2) is 0 Å². The highest BCUT2D eigenvalue weighted by Gasteiger charge is 2.14. The minimum atomic E-state index is -0.454. The summed E-state index contributed by atoms with van der Waals surface area (Å²) in [7, 11) is 0. The lowest BCUT2D eigenvalue weighted by atomic mass is 10.1. The van der Waals surface area contributed by atoms with Gasteiger partial charge in [0.25, 0.3) is 0 Å². The number of amides is 1. The first-order valence-electron chi connectivity index (χ1n) is 7.55. The zero-order valence-corrected chi connectivity index (χ0v) is 12.1. The average molecular weight is 275 g/mol. The fourth-order valence-electron chi connectivity index (χ4n) is 2.61. The number of rotatable bonds is 7. The van der Waals surface area contributed by atoms with Crippen LogP contribution in [0.1, 0.15) is 24.8 Å². The number of nitrogens with one attached hydrogen (secondary N) is 1. The van der Waals surface area contributed by atoms with Crippen molar-refractivity contribution in [2.75, 3.05) is 26.2 Å². The van der Waals surface area contributed by atoms with Gasteiger partial charge in [0, 0.05) is 6.54 Å². The maximum Gasteiger partial charge on any atom is 0.237 e. The number of hydrogen-bond donors (Lipinski definition) is 2. The van der Waals surface area contributed by atoms with Crippen LogP contribution in [-0.2, 0) is 11.2 Å². The Morgan fingerprint density at radius 1 is 1.25 bits per heavy atom. The van der Waals surface area contributed by atoms with Crippen molar-refractivity contribution in [3.05, 3.63) is 35.9 Å². The molecule has 0 spiro atoms. The standard InChI is InChI=1S/C16H25N3O/c17-15(13-14-7-2-1-3-8-14)16(20)18-9-6-12-19-10-4-5-11-19/h1-3,7-8,15H,4-6,9-13,17H2,(H,18,20)/t15-/m0/s1. The molecule has 4 heteroatoms. The molecule has 0 aliphatic carbocycles. The van der Waals surface area contributed by atoms with Gasteiger partial charge in [0.05, 0.1) is 6.04 Å². The highest BCUT2D eigenvalue weighted by Crippen LogP contribution is 2.07. The van der Waals surface area contributed by atoms with E-state index in [4.69, 9.17) is 5.73 Å². The number of carbonyl (C=O) groups excluding carboxylic acids is 1. The molecule has 1 amide bonds. The second-order valence-electron chi connectivity index (χ2n) is 5.49. The first-order valence-corrected chi connectivity index (χ1v) is 7.55. The molecule has 1 aromatic rings. The summed E-state index contributed by atoms with van der Waals surface area (Å²) in [6, 6.07) is 9.45. The van der Waals surface area contributed by atoms with E-state index in [0.717, 1.165) is 25.1 Å². The molecule has 110 valence electrons. The molecule has 1 atom stereocenters. The summed E-state index contributed by atoms with van der Waals surface area (Å²) in [5.74, 6) is -0.0460. The van der Waals surface area contributed by atoms with Crippen molar-refractivity contribution in [1.29, 1.82) is 0 Å². The third-order valence-electron chi connectivity index (χ3n) is 3.78. The lowest BCUT2D eigenvalue weighted by Gasteiger charge is -2.15.